The van der Waals surface area contributed by atoms with Gasteiger partial charge in [0, 0.05) is 10.6 Å². The monoisotopic (exact) mass is 268 g/mol. The first-order valence-corrected chi connectivity index (χ1v) is 6.52. The van der Waals surface area contributed by atoms with Gasteiger partial charge < -0.3 is 0 Å². The molecule has 1 heterocycles. The van der Waals surface area contributed by atoms with Crippen molar-refractivity contribution in [3.63, 3.8) is 0 Å². The summed E-state index contributed by atoms with van der Waals surface area (Å²) in [7, 11) is 0. The van der Waals surface area contributed by atoms with Crippen LogP contribution in [-0.4, -0.2) is 9.97 Å². The molecule has 1 aromatic heterocycles. The van der Waals surface area contributed by atoms with E-state index < -0.39 is 0 Å². The second-order valence-corrected chi connectivity index (χ2v) is 5.09. The number of fused-ring (bicyclic) bond motifs is 1. The Balaban J connectivity index is 2.23. The van der Waals surface area contributed by atoms with E-state index in [4.69, 9.17) is 16.6 Å². The number of hydrogen-bond acceptors (Lipinski definition) is 2. The predicted octanol–water partition coefficient (Wildman–Crippen LogP) is 4.57. The Morgan fingerprint density at radius 2 is 1.58 bits per heavy atom. The summed E-state index contributed by atoms with van der Waals surface area (Å²) in [5.41, 5.74) is 5.93. The molecule has 0 saturated heterocycles. The third kappa shape index (κ3) is 2.32. The molecule has 3 aromatic rings. The van der Waals surface area contributed by atoms with Gasteiger partial charge in [0.1, 0.15) is 0 Å². The quantitative estimate of drug-likeness (QED) is 0.646. The first-order chi connectivity index (χ1) is 9.13. The molecule has 0 radical (unpaired) electrons. The lowest BCUT2D eigenvalue weighted by molar-refractivity contribution is 1.19. The van der Waals surface area contributed by atoms with Gasteiger partial charge in [0.2, 0.25) is 0 Å². The molecule has 0 fully saturated rings. The lowest BCUT2D eigenvalue weighted by atomic mass is 10.1. The summed E-state index contributed by atoms with van der Waals surface area (Å²) in [5, 5.41) is 0.728. The highest BCUT2D eigenvalue weighted by atomic mass is 35.5. The fraction of sp³-hybridized carbons (Fsp3) is 0.125. The standard InChI is InChI=1S/C16H13ClN2/c1-10-3-8-14-15(9-10)19-16(11(2)18-14)12-4-6-13(17)7-5-12/h3-9H,1-2H3. The summed E-state index contributed by atoms with van der Waals surface area (Å²) in [6, 6.07) is 13.8. The van der Waals surface area contributed by atoms with Gasteiger partial charge in [-0.3, -0.25) is 0 Å². The molecular weight excluding hydrogens is 256 g/mol. The van der Waals surface area contributed by atoms with Crippen molar-refractivity contribution >= 4 is 22.6 Å². The first-order valence-electron chi connectivity index (χ1n) is 6.14. The van der Waals surface area contributed by atoms with Crippen LogP contribution in [0.2, 0.25) is 5.02 Å². The summed E-state index contributed by atoms with van der Waals surface area (Å²) >= 11 is 5.92. The molecule has 0 aliphatic rings. The van der Waals surface area contributed by atoms with E-state index in [2.05, 4.69) is 24.0 Å². The zero-order chi connectivity index (χ0) is 13.4. The van der Waals surface area contributed by atoms with E-state index in [1.807, 2.05) is 37.3 Å². The molecule has 0 unspecified atom stereocenters. The average molecular weight is 269 g/mol. The molecule has 0 N–H and O–H groups in total. The SMILES string of the molecule is Cc1ccc2nc(C)c(-c3ccc(Cl)cc3)nc2c1. The van der Waals surface area contributed by atoms with Crippen LogP contribution in [-0.2, 0) is 0 Å². The van der Waals surface area contributed by atoms with Crippen LogP contribution in [0.15, 0.2) is 42.5 Å². The zero-order valence-electron chi connectivity index (χ0n) is 10.8. The molecule has 3 heteroatoms. The second kappa shape index (κ2) is 4.63. The van der Waals surface area contributed by atoms with Gasteiger partial charge in [-0.1, -0.05) is 29.8 Å². The minimum Gasteiger partial charge on any atom is -0.249 e. The van der Waals surface area contributed by atoms with E-state index >= 15 is 0 Å². The van der Waals surface area contributed by atoms with Gasteiger partial charge in [-0.2, -0.15) is 0 Å². The molecule has 0 aliphatic heterocycles. The highest BCUT2D eigenvalue weighted by molar-refractivity contribution is 6.30. The number of halogens is 1. The first kappa shape index (κ1) is 12.1. The van der Waals surface area contributed by atoms with Crippen molar-refractivity contribution in [2.75, 3.05) is 0 Å². The number of aromatic nitrogens is 2. The molecule has 0 aliphatic carbocycles. The van der Waals surface area contributed by atoms with Crippen molar-refractivity contribution < 1.29 is 0 Å². The lowest BCUT2D eigenvalue weighted by Crippen LogP contribution is -1.94. The van der Waals surface area contributed by atoms with Crippen molar-refractivity contribution in [3.05, 3.63) is 58.7 Å². The van der Waals surface area contributed by atoms with Crippen LogP contribution >= 0.6 is 11.6 Å². The van der Waals surface area contributed by atoms with Crippen LogP contribution in [0.3, 0.4) is 0 Å². The summed E-state index contributed by atoms with van der Waals surface area (Å²) in [6.07, 6.45) is 0. The van der Waals surface area contributed by atoms with Crippen molar-refractivity contribution in [2.24, 2.45) is 0 Å². The fourth-order valence-corrected chi connectivity index (χ4v) is 2.26. The molecule has 0 saturated carbocycles. The smallest absolute Gasteiger partial charge is 0.0922 e. The van der Waals surface area contributed by atoms with Gasteiger partial charge in [0.25, 0.3) is 0 Å². The van der Waals surface area contributed by atoms with Crippen LogP contribution < -0.4 is 0 Å². The second-order valence-electron chi connectivity index (χ2n) is 4.66. The Labute approximate surface area is 117 Å². The zero-order valence-corrected chi connectivity index (χ0v) is 11.6. The minimum atomic E-state index is 0.728. The Morgan fingerprint density at radius 3 is 2.32 bits per heavy atom. The Morgan fingerprint density at radius 1 is 0.842 bits per heavy atom. The van der Waals surface area contributed by atoms with Crippen LogP contribution in [0.5, 0.6) is 0 Å². The largest absolute Gasteiger partial charge is 0.249 e. The van der Waals surface area contributed by atoms with E-state index in [1.165, 1.54) is 5.56 Å². The number of hydrogen-bond donors (Lipinski definition) is 0. The summed E-state index contributed by atoms with van der Waals surface area (Å²) in [5.74, 6) is 0. The molecule has 19 heavy (non-hydrogen) atoms. The van der Waals surface area contributed by atoms with Crippen molar-refractivity contribution in [1.82, 2.24) is 9.97 Å². The Hall–Kier alpha value is -1.93. The van der Waals surface area contributed by atoms with Gasteiger partial charge in [-0.15, -0.1) is 0 Å². The van der Waals surface area contributed by atoms with Gasteiger partial charge in [0.05, 0.1) is 22.4 Å². The molecule has 0 amide bonds. The molecular formula is C16H13ClN2. The van der Waals surface area contributed by atoms with Crippen LogP contribution in [0.4, 0.5) is 0 Å². The highest BCUT2D eigenvalue weighted by Gasteiger charge is 2.07. The minimum absolute atomic E-state index is 0.728. The van der Waals surface area contributed by atoms with E-state index in [0.717, 1.165) is 33.0 Å². The average Bonchev–Trinajstić information content (AvgIpc) is 2.40. The molecule has 94 valence electrons. The van der Waals surface area contributed by atoms with Crippen molar-refractivity contribution in [1.29, 1.82) is 0 Å². The van der Waals surface area contributed by atoms with E-state index in [1.54, 1.807) is 0 Å². The molecule has 3 rings (SSSR count). The molecule has 2 aromatic carbocycles. The third-order valence-corrected chi connectivity index (χ3v) is 3.36. The van der Waals surface area contributed by atoms with Crippen molar-refractivity contribution in [2.45, 2.75) is 13.8 Å². The van der Waals surface area contributed by atoms with E-state index in [0.29, 0.717) is 0 Å². The molecule has 2 nitrogen and oxygen atoms in total. The maximum atomic E-state index is 5.92. The normalized spacial score (nSPS) is 10.9. The Kier molecular flexibility index (Phi) is 2.96. The highest BCUT2D eigenvalue weighted by Crippen LogP contribution is 2.24. The maximum Gasteiger partial charge on any atom is 0.0922 e. The van der Waals surface area contributed by atoms with E-state index in [9.17, 15) is 0 Å². The third-order valence-electron chi connectivity index (χ3n) is 3.11. The van der Waals surface area contributed by atoms with Crippen LogP contribution in [0.1, 0.15) is 11.3 Å². The topological polar surface area (TPSA) is 25.8 Å². The fourth-order valence-electron chi connectivity index (χ4n) is 2.13. The number of aryl methyl sites for hydroxylation is 2. The van der Waals surface area contributed by atoms with Gasteiger partial charge in [-0.05, 0) is 43.7 Å². The van der Waals surface area contributed by atoms with Crippen LogP contribution in [0, 0.1) is 13.8 Å². The number of nitrogens with zero attached hydrogens (tertiary/aromatic N) is 2. The van der Waals surface area contributed by atoms with Crippen molar-refractivity contribution in [3.8, 4) is 11.3 Å². The summed E-state index contributed by atoms with van der Waals surface area (Å²) in [6.45, 7) is 4.04. The van der Waals surface area contributed by atoms with E-state index in [-0.39, 0.29) is 0 Å². The Bertz CT molecular complexity index is 749. The lowest BCUT2D eigenvalue weighted by Gasteiger charge is -2.07. The number of benzene rings is 2. The van der Waals surface area contributed by atoms with Crippen LogP contribution in [0.25, 0.3) is 22.3 Å². The number of rotatable bonds is 1. The van der Waals surface area contributed by atoms with Gasteiger partial charge in [0.15, 0.2) is 0 Å². The maximum absolute atomic E-state index is 5.92. The summed E-state index contributed by atoms with van der Waals surface area (Å²) in [4.78, 5) is 9.35. The molecule has 0 bridgehead atoms. The van der Waals surface area contributed by atoms with Gasteiger partial charge >= 0.3 is 0 Å². The van der Waals surface area contributed by atoms with Gasteiger partial charge in [-0.25, -0.2) is 9.97 Å². The summed E-state index contributed by atoms with van der Waals surface area (Å²) < 4.78 is 0. The molecule has 0 atom stereocenters. The predicted molar refractivity (Wildman–Crippen MR) is 79.5 cm³/mol. The molecule has 0 spiro atoms.